The summed E-state index contributed by atoms with van der Waals surface area (Å²) in [4.78, 5) is 35.5. The van der Waals surface area contributed by atoms with Gasteiger partial charge in [-0.05, 0) is 43.7 Å². The topological polar surface area (TPSA) is 104 Å². The fourth-order valence-electron chi connectivity index (χ4n) is 2.90. The lowest BCUT2D eigenvalue weighted by molar-refractivity contribution is -0.145. The van der Waals surface area contributed by atoms with Crippen molar-refractivity contribution in [1.29, 1.82) is 0 Å². The average molecular weight is 425 g/mol. The lowest BCUT2D eigenvalue weighted by Crippen LogP contribution is -2.13. The summed E-state index contributed by atoms with van der Waals surface area (Å²) in [6.45, 7) is 3.98. The number of hydrogen-bond donors (Lipinski definition) is 1. The predicted octanol–water partition coefficient (Wildman–Crippen LogP) is 4.18. The maximum atomic E-state index is 12.1. The van der Waals surface area contributed by atoms with Crippen LogP contribution in [0.4, 0.5) is 10.5 Å². The Morgan fingerprint density at radius 3 is 2.68 bits per heavy atom. The zero-order valence-corrected chi connectivity index (χ0v) is 17.3. The van der Waals surface area contributed by atoms with Crippen LogP contribution in [0, 0.1) is 6.92 Å². The maximum absolute atomic E-state index is 12.1. The SMILES string of the molecule is CCOC(=O)Nc1ccc2c(COC(=O)CCOc3cccc(C)c3)cc(=O)oc2c1. The fraction of sp³-hybridized carbons (Fsp3) is 0.261. The van der Waals surface area contributed by atoms with Crippen molar-refractivity contribution in [2.75, 3.05) is 18.5 Å². The van der Waals surface area contributed by atoms with Gasteiger partial charge >= 0.3 is 17.7 Å². The molecule has 0 saturated carbocycles. The lowest BCUT2D eigenvalue weighted by atomic mass is 10.1. The Labute approximate surface area is 178 Å². The smallest absolute Gasteiger partial charge is 0.411 e. The van der Waals surface area contributed by atoms with Gasteiger partial charge in [0.05, 0.1) is 19.6 Å². The minimum absolute atomic E-state index is 0.0704. The van der Waals surface area contributed by atoms with E-state index in [-0.39, 0.29) is 31.8 Å². The third-order valence-electron chi connectivity index (χ3n) is 4.31. The maximum Gasteiger partial charge on any atom is 0.411 e. The number of carbonyl (C=O) groups excluding carboxylic acids is 2. The first kappa shape index (κ1) is 21.9. The standard InChI is InChI=1S/C23H23NO7/c1-3-28-23(27)24-17-7-8-19-16(12-22(26)31-20(19)13-17)14-30-21(25)9-10-29-18-6-4-5-15(2)11-18/h4-8,11-13H,3,9-10,14H2,1-2H3,(H,24,27). The molecule has 1 aromatic heterocycles. The summed E-state index contributed by atoms with van der Waals surface area (Å²) in [5, 5.41) is 3.14. The van der Waals surface area contributed by atoms with E-state index in [4.69, 9.17) is 18.6 Å². The fourth-order valence-corrected chi connectivity index (χ4v) is 2.90. The van der Waals surface area contributed by atoms with E-state index in [1.165, 1.54) is 12.1 Å². The van der Waals surface area contributed by atoms with Crippen molar-refractivity contribution >= 4 is 28.7 Å². The zero-order valence-electron chi connectivity index (χ0n) is 17.3. The molecule has 2 aromatic carbocycles. The molecule has 31 heavy (non-hydrogen) atoms. The van der Waals surface area contributed by atoms with Gasteiger partial charge in [-0.2, -0.15) is 0 Å². The average Bonchev–Trinajstić information content (AvgIpc) is 2.72. The van der Waals surface area contributed by atoms with E-state index in [0.29, 0.717) is 22.4 Å². The second kappa shape index (κ2) is 10.3. The van der Waals surface area contributed by atoms with Crippen molar-refractivity contribution in [2.24, 2.45) is 0 Å². The van der Waals surface area contributed by atoms with Gasteiger partial charge < -0.3 is 18.6 Å². The van der Waals surface area contributed by atoms with Crippen molar-refractivity contribution < 1.29 is 28.2 Å². The lowest BCUT2D eigenvalue weighted by Gasteiger charge is -2.10. The summed E-state index contributed by atoms with van der Waals surface area (Å²) < 4.78 is 20.9. The van der Waals surface area contributed by atoms with E-state index in [2.05, 4.69) is 5.32 Å². The quantitative estimate of drug-likeness (QED) is 0.426. The van der Waals surface area contributed by atoms with Crippen molar-refractivity contribution in [2.45, 2.75) is 26.9 Å². The highest BCUT2D eigenvalue weighted by Crippen LogP contribution is 2.22. The van der Waals surface area contributed by atoms with Crippen molar-refractivity contribution in [3.8, 4) is 5.75 Å². The van der Waals surface area contributed by atoms with E-state index in [1.807, 2.05) is 31.2 Å². The van der Waals surface area contributed by atoms with Crippen LogP contribution in [0.15, 0.2) is 57.7 Å². The number of amides is 1. The largest absolute Gasteiger partial charge is 0.493 e. The Balaban J connectivity index is 1.60. The number of ether oxygens (including phenoxy) is 3. The summed E-state index contributed by atoms with van der Waals surface area (Å²) >= 11 is 0. The molecule has 1 heterocycles. The van der Waals surface area contributed by atoms with Gasteiger partial charge in [-0.25, -0.2) is 9.59 Å². The zero-order chi connectivity index (χ0) is 22.2. The van der Waals surface area contributed by atoms with Crippen LogP contribution in [0.25, 0.3) is 11.0 Å². The molecule has 8 nitrogen and oxygen atoms in total. The number of benzene rings is 2. The molecule has 0 radical (unpaired) electrons. The van der Waals surface area contributed by atoms with E-state index in [0.717, 1.165) is 5.56 Å². The minimum atomic E-state index is -0.609. The predicted molar refractivity (Wildman–Crippen MR) is 114 cm³/mol. The second-order valence-corrected chi connectivity index (χ2v) is 6.72. The first-order valence-electron chi connectivity index (χ1n) is 9.80. The minimum Gasteiger partial charge on any atom is -0.493 e. The molecule has 0 atom stereocenters. The number of aryl methyl sites for hydroxylation is 1. The van der Waals surface area contributed by atoms with Gasteiger partial charge in [0.25, 0.3) is 0 Å². The highest BCUT2D eigenvalue weighted by atomic mass is 16.5. The number of nitrogens with one attached hydrogen (secondary N) is 1. The van der Waals surface area contributed by atoms with E-state index in [1.54, 1.807) is 19.1 Å². The van der Waals surface area contributed by atoms with Crippen LogP contribution in [0.3, 0.4) is 0 Å². The molecule has 1 N–H and O–H groups in total. The highest BCUT2D eigenvalue weighted by Gasteiger charge is 2.11. The van der Waals surface area contributed by atoms with Crippen LogP contribution < -0.4 is 15.7 Å². The molecule has 0 saturated heterocycles. The van der Waals surface area contributed by atoms with Crippen LogP contribution in [0.2, 0.25) is 0 Å². The number of hydrogen-bond acceptors (Lipinski definition) is 7. The van der Waals surface area contributed by atoms with Crippen LogP contribution in [-0.4, -0.2) is 25.3 Å². The van der Waals surface area contributed by atoms with Crippen LogP contribution in [0.1, 0.15) is 24.5 Å². The molecule has 3 rings (SSSR count). The molecule has 0 unspecified atom stereocenters. The van der Waals surface area contributed by atoms with Gasteiger partial charge in [0.15, 0.2) is 0 Å². The van der Waals surface area contributed by atoms with Gasteiger partial charge in [0.1, 0.15) is 17.9 Å². The summed E-state index contributed by atoms with van der Waals surface area (Å²) in [6, 6.07) is 13.6. The number of anilines is 1. The number of esters is 1. The van der Waals surface area contributed by atoms with Crippen molar-refractivity contribution in [3.63, 3.8) is 0 Å². The summed E-state index contributed by atoms with van der Waals surface area (Å²) in [7, 11) is 0. The third kappa shape index (κ3) is 6.33. The van der Waals surface area contributed by atoms with E-state index >= 15 is 0 Å². The Morgan fingerprint density at radius 1 is 1.06 bits per heavy atom. The van der Waals surface area contributed by atoms with Gasteiger partial charge in [-0.1, -0.05) is 12.1 Å². The summed E-state index contributed by atoms with van der Waals surface area (Å²) in [5.41, 5.74) is 1.65. The van der Waals surface area contributed by atoms with E-state index in [9.17, 15) is 14.4 Å². The Hall–Kier alpha value is -3.81. The van der Waals surface area contributed by atoms with Crippen LogP contribution >= 0.6 is 0 Å². The van der Waals surface area contributed by atoms with Crippen LogP contribution in [0.5, 0.6) is 5.75 Å². The molecule has 0 fully saturated rings. The monoisotopic (exact) mass is 425 g/mol. The molecule has 3 aromatic rings. The number of carbonyl (C=O) groups is 2. The van der Waals surface area contributed by atoms with Gasteiger partial charge in [0.2, 0.25) is 0 Å². The molecule has 0 aliphatic heterocycles. The van der Waals surface area contributed by atoms with Crippen molar-refractivity contribution in [1.82, 2.24) is 0 Å². The Kier molecular flexibility index (Phi) is 7.26. The highest BCUT2D eigenvalue weighted by molar-refractivity contribution is 5.90. The molecule has 1 amide bonds. The van der Waals surface area contributed by atoms with Gasteiger partial charge in [-0.15, -0.1) is 0 Å². The molecular weight excluding hydrogens is 402 g/mol. The van der Waals surface area contributed by atoms with Gasteiger partial charge in [-0.3, -0.25) is 10.1 Å². The molecule has 0 aliphatic rings. The summed E-state index contributed by atoms with van der Waals surface area (Å²) in [6.07, 6.45) is -0.539. The molecule has 0 spiro atoms. The van der Waals surface area contributed by atoms with Gasteiger partial charge in [0, 0.05) is 28.8 Å². The first-order chi connectivity index (χ1) is 14.9. The Bertz CT molecular complexity index is 1140. The summed E-state index contributed by atoms with van der Waals surface area (Å²) in [5.74, 6) is 0.237. The molecule has 0 bridgehead atoms. The van der Waals surface area contributed by atoms with E-state index < -0.39 is 17.7 Å². The Morgan fingerprint density at radius 2 is 1.90 bits per heavy atom. The molecule has 0 aliphatic carbocycles. The first-order valence-corrected chi connectivity index (χ1v) is 9.80. The molecule has 162 valence electrons. The molecule has 8 heteroatoms. The second-order valence-electron chi connectivity index (χ2n) is 6.72. The normalized spacial score (nSPS) is 10.5. The molecular formula is C23H23NO7. The van der Waals surface area contributed by atoms with Crippen molar-refractivity contribution in [3.05, 3.63) is 70.1 Å². The number of rotatable bonds is 8. The third-order valence-corrected chi connectivity index (χ3v) is 4.31. The van der Waals surface area contributed by atoms with Crippen LogP contribution in [-0.2, 0) is 20.9 Å². The number of fused-ring (bicyclic) bond motifs is 1.